The molecule has 2 aromatic carbocycles. The Hall–Kier alpha value is -1.58. The number of imidazole rings is 1. The van der Waals surface area contributed by atoms with Crippen LogP contribution in [0.2, 0.25) is 10.0 Å². The smallest absolute Gasteiger partial charge is 0.144 e. The minimum atomic E-state index is -0.474. The summed E-state index contributed by atoms with van der Waals surface area (Å²) in [6.45, 7) is 0. The standard InChI is InChI=1S/C13H7Cl2FN2/c14-8-4-2-1-3-7(8)13-17-11-5-9(15)10(16)6-12(11)18-13/h1-6H,(H,17,18). The third-order valence-corrected chi connectivity index (χ3v) is 3.27. The quantitative estimate of drug-likeness (QED) is 0.689. The molecule has 0 fully saturated rings. The molecular formula is C13H7Cl2FN2. The fourth-order valence-corrected chi connectivity index (χ4v) is 2.17. The lowest BCUT2D eigenvalue weighted by atomic mass is 10.2. The molecule has 5 heteroatoms. The third kappa shape index (κ3) is 1.85. The molecule has 0 aliphatic carbocycles. The van der Waals surface area contributed by atoms with Gasteiger partial charge in [0.2, 0.25) is 0 Å². The molecule has 2 nitrogen and oxygen atoms in total. The van der Waals surface area contributed by atoms with Gasteiger partial charge in [0.25, 0.3) is 0 Å². The van der Waals surface area contributed by atoms with Crippen LogP contribution >= 0.6 is 23.2 Å². The van der Waals surface area contributed by atoms with E-state index in [4.69, 9.17) is 23.2 Å². The van der Waals surface area contributed by atoms with Crippen LogP contribution in [-0.2, 0) is 0 Å². The monoisotopic (exact) mass is 280 g/mol. The van der Waals surface area contributed by atoms with Crippen molar-refractivity contribution in [2.24, 2.45) is 0 Å². The van der Waals surface area contributed by atoms with Crippen molar-refractivity contribution in [3.05, 3.63) is 52.3 Å². The number of hydrogen-bond acceptors (Lipinski definition) is 1. The molecule has 0 unspecified atom stereocenters. The van der Waals surface area contributed by atoms with Crippen molar-refractivity contribution in [2.45, 2.75) is 0 Å². The SMILES string of the molecule is Fc1cc2[nH]c(-c3ccccc3Cl)nc2cc1Cl. The van der Waals surface area contributed by atoms with E-state index in [9.17, 15) is 4.39 Å². The maximum atomic E-state index is 13.3. The summed E-state index contributed by atoms with van der Waals surface area (Å²) in [6, 6.07) is 10.1. The third-order valence-electron chi connectivity index (χ3n) is 2.65. The molecule has 1 aromatic heterocycles. The second-order valence-electron chi connectivity index (χ2n) is 3.85. The van der Waals surface area contributed by atoms with Crippen LogP contribution in [0.15, 0.2) is 36.4 Å². The summed E-state index contributed by atoms with van der Waals surface area (Å²) in [5.74, 6) is 0.121. The van der Waals surface area contributed by atoms with Gasteiger partial charge in [0.15, 0.2) is 0 Å². The van der Waals surface area contributed by atoms with Crippen LogP contribution in [0.5, 0.6) is 0 Å². The van der Waals surface area contributed by atoms with Gasteiger partial charge in [0.1, 0.15) is 11.6 Å². The number of aromatic nitrogens is 2. The highest BCUT2D eigenvalue weighted by molar-refractivity contribution is 6.33. The van der Waals surface area contributed by atoms with Gasteiger partial charge in [0, 0.05) is 11.6 Å². The predicted molar refractivity (Wildman–Crippen MR) is 71.5 cm³/mol. The molecular weight excluding hydrogens is 274 g/mol. The van der Waals surface area contributed by atoms with Gasteiger partial charge in [-0.3, -0.25) is 0 Å². The van der Waals surface area contributed by atoms with Crippen molar-refractivity contribution in [1.82, 2.24) is 9.97 Å². The highest BCUT2D eigenvalue weighted by atomic mass is 35.5. The number of hydrogen-bond donors (Lipinski definition) is 1. The van der Waals surface area contributed by atoms with Crippen LogP contribution in [-0.4, -0.2) is 9.97 Å². The number of aromatic amines is 1. The summed E-state index contributed by atoms with van der Waals surface area (Å²) >= 11 is 11.8. The van der Waals surface area contributed by atoms with Crippen LogP contribution in [0.25, 0.3) is 22.4 Å². The molecule has 3 rings (SSSR count). The normalized spacial score (nSPS) is 11.1. The van der Waals surface area contributed by atoms with Gasteiger partial charge >= 0.3 is 0 Å². The molecule has 0 bridgehead atoms. The van der Waals surface area contributed by atoms with Crippen LogP contribution in [0, 0.1) is 5.82 Å². The first-order valence-corrected chi connectivity index (χ1v) is 6.00. The van der Waals surface area contributed by atoms with Crippen molar-refractivity contribution in [3.8, 4) is 11.4 Å². The summed E-state index contributed by atoms with van der Waals surface area (Å²) in [6.07, 6.45) is 0. The van der Waals surface area contributed by atoms with E-state index < -0.39 is 5.82 Å². The fraction of sp³-hybridized carbons (Fsp3) is 0. The molecule has 0 aliphatic heterocycles. The average molecular weight is 281 g/mol. The first-order chi connectivity index (χ1) is 8.65. The molecule has 18 heavy (non-hydrogen) atoms. The second-order valence-corrected chi connectivity index (χ2v) is 4.66. The Bertz CT molecular complexity index is 698. The zero-order valence-electron chi connectivity index (χ0n) is 9.05. The van der Waals surface area contributed by atoms with E-state index in [2.05, 4.69) is 9.97 Å². The van der Waals surface area contributed by atoms with E-state index in [1.165, 1.54) is 12.1 Å². The van der Waals surface area contributed by atoms with E-state index in [-0.39, 0.29) is 5.02 Å². The molecule has 0 radical (unpaired) electrons. The van der Waals surface area contributed by atoms with Crippen molar-refractivity contribution >= 4 is 34.2 Å². The highest BCUT2D eigenvalue weighted by Crippen LogP contribution is 2.28. The minimum absolute atomic E-state index is 0.0553. The Morgan fingerprint density at radius 1 is 1.06 bits per heavy atom. The Morgan fingerprint density at radius 3 is 2.61 bits per heavy atom. The van der Waals surface area contributed by atoms with E-state index in [0.717, 1.165) is 5.56 Å². The summed E-state index contributed by atoms with van der Waals surface area (Å²) in [4.78, 5) is 7.38. The number of halogens is 3. The summed E-state index contributed by atoms with van der Waals surface area (Å²) in [7, 11) is 0. The van der Waals surface area contributed by atoms with Crippen LogP contribution in [0.3, 0.4) is 0 Å². The topological polar surface area (TPSA) is 28.7 Å². The minimum Gasteiger partial charge on any atom is -0.338 e. The lowest BCUT2D eigenvalue weighted by Crippen LogP contribution is -1.80. The number of H-pyrrole nitrogens is 1. The molecule has 1 N–H and O–H groups in total. The molecule has 0 atom stereocenters. The Balaban J connectivity index is 2.23. The largest absolute Gasteiger partial charge is 0.338 e. The highest BCUT2D eigenvalue weighted by Gasteiger charge is 2.10. The summed E-state index contributed by atoms with van der Waals surface area (Å²) in [5, 5.41) is 0.642. The van der Waals surface area contributed by atoms with E-state index in [1.807, 2.05) is 18.2 Å². The van der Waals surface area contributed by atoms with Crippen molar-refractivity contribution in [3.63, 3.8) is 0 Å². The molecule has 0 amide bonds. The number of nitrogens with one attached hydrogen (secondary N) is 1. The van der Waals surface area contributed by atoms with Crippen LogP contribution in [0.1, 0.15) is 0 Å². The van der Waals surface area contributed by atoms with Gasteiger partial charge in [0.05, 0.1) is 21.1 Å². The molecule has 0 spiro atoms. The zero-order valence-corrected chi connectivity index (χ0v) is 10.6. The van der Waals surface area contributed by atoms with Crippen molar-refractivity contribution < 1.29 is 4.39 Å². The lowest BCUT2D eigenvalue weighted by Gasteiger charge is -1.98. The maximum absolute atomic E-state index is 13.3. The molecule has 0 saturated heterocycles. The fourth-order valence-electron chi connectivity index (χ4n) is 1.79. The molecule has 0 saturated carbocycles. The van der Waals surface area contributed by atoms with Gasteiger partial charge < -0.3 is 4.98 Å². The van der Waals surface area contributed by atoms with Crippen molar-refractivity contribution in [2.75, 3.05) is 0 Å². The maximum Gasteiger partial charge on any atom is 0.144 e. The van der Waals surface area contributed by atoms with Crippen LogP contribution < -0.4 is 0 Å². The predicted octanol–water partition coefficient (Wildman–Crippen LogP) is 4.68. The number of rotatable bonds is 1. The van der Waals surface area contributed by atoms with Gasteiger partial charge in [-0.05, 0) is 18.2 Å². The number of nitrogens with zero attached hydrogens (tertiary/aromatic N) is 1. The Kier molecular flexibility index (Phi) is 2.73. The van der Waals surface area contributed by atoms with E-state index in [1.54, 1.807) is 6.07 Å². The molecule has 90 valence electrons. The number of fused-ring (bicyclic) bond motifs is 1. The Labute approximate surface area is 112 Å². The van der Waals surface area contributed by atoms with Gasteiger partial charge in [-0.15, -0.1) is 0 Å². The Morgan fingerprint density at radius 2 is 1.83 bits per heavy atom. The van der Waals surface area contributed by atoms with E-state index in [0.29, 0.717) is 21.9 Å². The summed E-state index contributed by atoms with van der Waals surface area (Å²) in [5.41, 5.74) is 1.97. The zero-order chi connectivity index (χ0) is 12.7. The number of benzene rings is 2. The first-order valence-electron chi connectivity index (χ1n) is 5.25. The van der Waals surface area contributed by atoms with Gasteiger partial charge in [-0.1, -0.05) is 35.3 Å². The second kappa shape index (κ2) is 4.26. The first kappa shape index (κ1) is 11.5. The molecule has 3 aromatic rings. The summed E-state index contributed by atoms with van der Waals surface area (Å²) < 4.78 is 13.3. The molecule has 1 heterocycles. The average Bonchev–Trinajstić information content (AvgIpc) is 2.73. The van der Waals surface area contributed by atoms with Crippen LogP contribution in [0.4, 0.5) is 4.39 Å². The van der Waals surface area contributed by atoms with Gasteiger partial charge in [-0.2, -0.15) is 0 Å². The van der Waals surface area contributed by atoms with E-state index >= 15 is 0 Å². The lowest BCUT2D eigenvalue weighted by molar-refractivity contribution is 0.630. The van der Waals surface area contributed by atoms with Gasteiger partial charge in [-0.25, -0.2) is 9.37 Å². The molecule has 0 aliphatic rings. The van der Waals surface area contributed by atoms with Crippen molar-refractivity contribution in [1.29, 1.82) is 0 Å².